The van der Waals surface area contributed by atoms with E-state index in [2.05, 4.69) is 15.9 Å². The van der Waals surface area contributed by atoms with Gasteiger partial charge in [-0.2, -0.15) is 0 Å². The molecule has 0 heterocycles. The van der Waals surface area contributed by atoms with E-state index in [4.69, 9.17) is 10.5 Å². The minimum atomic E-state index is -0.0732. The molecule has 0 aliphatic rings. The minimum Gasteiger partial charge on any atom is -0.492 e. The number of carbonyl (C=O) groups is 1. The molecule has 1 aromatic carbocycles. The van der Waals surface area contributed by atoms with Gasteiger partial charge in [-0.1, -0.05) is 0 Å². The van der Waals surface area contributed by atoms with Crippen LogP contribution in [0.3, 0.4) is 0 Å². The van der Waals surface area contributed by atoms with E-state index in [1.165, 1.54) is 6.92 Å². The summed E-state index contributed by atoms with van der Waals surface area (Å²) in [5.74, 6) is 0.483. The van der Waals surface area contributed by atoms with Crippen LogP contribution >= 0.6 is 15.9 Å². The van der Waals surface area contributed by atoms with Crippen molar-refractivity contribution in [1.29, 1.82) is 0 Å². The zero-order valence-corrected chi connectivity index (χ0v) is 9.72. The fraction of sp³-hybridized carbons (Fsp3) is 0.300. The number of ketones is 1. The first-order valence-corrected chi connectivity index (χ1v) is 5.09. The molecule has 0 saturated heterocycles. The monoisotopic (exact) mass is 257 g/mol. The number of rotatable bonds is 3. The molecule has 1 rings (SSSR count). The van der Waals surface area contributed by atoms with Gasteiger partial charge in [0.2, 0.25) is 0 Å². The molecule has 3 nitrogen and oxygen atoms in total. The Hall–Kier alpha value is -1.03. The lowest BCUT2D eigenvalue weighted by Crippen LogP contribution is -2.04. The Morgan fingerprint density at radius 3 is 2.71 bits per heavy atom. The zero-order valence-electron chi connectivity index (χ0n) is 8.13. The summed E-state index contributed by atoms with van der Waals surface area (Å²) in [6, 6.07) is 3.51. The molecule has 0 unspecified atom stereocenters. The first kappa shape index (κ1) is 11.0. The maximum atomic E-state index is 11.3. The molecule has 0 aromatic heterocycles. The van der Waals surface area contributed by atoms with Gasteiger partial charge in [0.05, 0.1) is 17.9 Å². The Bertz CT molecular complexity index is 363. The third kappa shape index (κ3) is 2.07. The quantitative estimate of drug-likeness (QED) is 0.669. The number of anilines is 1. The van der Waals surface area contributed by atoms with Gasteiger partial charge in [-0.25, -0.2) is 0 Å². The molecule has 2 N–H and O–H groups in total. The maximum absolute atomic E-state index is 11.3. The average Bonchev–Trinajstić information content (AvgIpc) is 2.10. The Morgan fingerprint density at radius 1 is 1.57 bits per heavy atom. The van der Waals surface area contributed by atoms with E-state index in [0.29, 0.717) is 28.1 Å². The number of Topliss-reactive ketones (excluding diaryl/α,β-unsaturated/α-hetero) is 1. The molecule has 76 valence electrons. The third-order valence-electron chi connectivity index (χ3n) is 1.81. The Labute approximate surface area is 91.4 Å². The van der Waals surface area contributed by atoms with Crippen LogP contribution in [0.4, 0.5) is 5.69 Å². The number of benzene rings is 1. The second kappa shape index (κ2) is 4.46. The van der Waals surface area contributed by atoms with Crippen LogP contribution in [0.2, 0.25) is 0 Å². The van der Waals surface area contributed by atoms with Gasteiger partial charge in [-0.05, 0) is 41.9 Å². The summed E-state index contributed by atoms with van der Waals surface area (Å²) < 4.78 is 5.98. The number of halogens is 1. The molecule has 0 saturated carbocycles. The minimum absolute atomic E-state index is 0.0732. The van der Waals surface area contributed by atoms with E-state index < -0.39 is 0 Å². The Kier molecular flexibility index (Phi) is 3.52. The highest BCUT2D eigenvalue weighted by atomic mass is 79.9. The predicted octanol–water partition coefficient (Wildman–Crippen LogP) is 2.63. The first-order chi connectivity index (χ1) is 6.57. The molecule has 0 aliphatic carbocycles. The summed E-state index contributed by atoms with van der Waals surface area (Å²) in [5, 5.41) is 0. The Morgan fingerprint density at radius 2 is 2.21 bits per heavy atom. The van der Waals surface area contributed by atoms with Gasteiger partial charge < -0.3 is 10.5 Å². The van der Waals surface area contributed by atoms with Gasteiger partial charge >= 0.3 is 0 Å². The summed E-state index contributed by atoms with van der Waals surface area (Å²) >= 11 is 3.28. The lowest BCUT2D eigenvalue weighted by atomic mass is 10.1. The van der Waals surface area contributed by atoms with Crippen LogP contribution in [0, 0.1) is 0 Å². The fourth-order valence-electron chi connectivity index (χ4n) is 1.21. The highest BCUT2D eigenvalue weighted by molar-refractivity contribution is 9.10. The topological polar surface area (TPSA) is 52.3 Å². The van der Waals surface area contributed by atoms with E-state index in [9.17, 15) is 4.79 Å². The number of ether oxygens (including phenoxy) is 1. The van der Waals surface area contributed by atoms with Crippen molar-refractivity contribution in [2.75, 3.05) is 12.3 Å². The van der Waals surface area contributed by atoms with Crippen LogP contribution in [-0.2, 0) is 0 Å². The highest BCUT2D eigenvalue weighted by Crippen LogP contribution is 2.31. The lowest BCUT2D eigenvalue weighted by molar-refractivity contribution is 0.101. The van der Waals surface area contributed by atoms with Crippen LogP contribution < -0.4 is 10.5 Å². The normalized spacial score (nSPS) is 9.93. The summed E-state index contributed by atoms with van der Waals surface area (Å²) in [6.45, 7) is 3.88. The SMILES string of the molecule is CCOc1ccc(Br)c(C(C)=O)c1N. The van der Waals surface area contributed by atoms with Crippen molar-refractivity contribution in [2.24, 2.45) is 0 Å². The highest BCUT2D eigenvalue weighted by Gasteiger charge is 2.13. The van der Waals surface area contributed by atoms with Crippen LogP contribution in [0.1, 0.15) is 24.2 Å². The second-order valence-electron chi connectivity index (χ2n) is 2.82. The molecule has 14 heavy (non-hydrogen) atoms. The van der Waals surface area contributed by atoms with Crippen molar-refractivity contribution < 1.29 is 9.53 Å². The van der Waals surface area contributed by atoms with E-state index in [-0.39, 0.29) is 5.78 Å². The first-order valence-electron chi connectivity index (χ1n) is 4.29. The van der Waals surface area contributed by atoms with Crippen molar-refractivity contribution in [3.8, 4) is 5.75 Å². The lowest BCUT2D eigenvalue weighted by Gasteiger charge is -2.10. The van der Waals surface area contributed by atoms with E-state index in [0.717, 1.165) is 0 Å². The average molecular weight is 258 g/mol. The Balaban J connectivity index is 3.26. The molecule has 0 amide bonds. The second-order valence-corrected chi connectivity index (χ2v) is 3.68. The number of carbonyl (C=O) groups excluding carboxylic acids is 1. The van der Waals surface area contributed by atoms with Crippen LogP contribution in [0.5, 0.6) is 5.75 Å². The number of hydrogen-bond acceptors (Lipinski definition) is 3. The van der Waals surface area contributed by atoms with Crippen LogP contribution in [0.15, 0.2) is 16.6 Å². The molecule has 0 radical (unpaired) electrons. The van der Waals surface area contributed by atoms with E-state index in [1.54, 1.807) is 12.1 Å². The smallest absolute Gasteiger partial charge is 0.163 e. The summed E-state index contributed by atoms with van der Waals surface area (Å²) in [5.41, 5.74) is 6.67. The molecular formula is C10H12BrNO2. The van der Waals surface area contributed by atoms with Crippen molar-refractivity contribution >= 4 is 27.4 Å². The van der Waals surface area contributed by atoms with Crippen molar-refractivity contribution in [2.45, 2.75) is 13.8 Å². The van der Waals surface area contributed by atoms with Gasteiger partial charge in [-0.15, -0.1) is 0 Å². The van der Waals surface area contributed by atoms with E-state index in [1.807, 2.05) is 6.92 Å². The van der Waals surface area contributed by atoms with E-state index >= 15 is 0 Å². The van der Waals surface area contributed by atoms with Crippen molar-refractivity contribution in [3.63, 3.8) is 0 Å². The molecule has 0 spiro atoms. The van der Waals surface area contributed by atoms with Crippen molar-refractivity contribution in [1.82, 2.24) is 0 Å². The van der Waals surface area contributed by atoms with Crippen LogP contribution in [-0.4, -0.2) is 12.4 Å². The predicted molar refractivity (Wildman–Crippen MR) is 59.7 cm³/mol. The molecular weight excluding hydrogens is 246 g/mol. The number of nitrogens with two attached hydrogens (primary N) is 1. The molecule has 0 atom stereocenters. The molecule has 0 fully saturated rings. The number of hydrogen-bond donors (Lipinski definition) is 1. The fourth-order valence-corrected chi connectivity index (χ4v) is 1.84. The molecule has 0 bridgehead atoms. The third-order valence-corrected chi connectivity index (χ3v) is 2.47. The molecule has 4 heteroatoms. The van der Waals surface area contributed by atoms with Crippen LogP contribution in [0.25, 0.3) is 0 Å². The largest absolute Gasteiger partial charge is 0.492 e. The maximum Gasteiger partial charge on any atom is 0.163 e. The zero-order chi connectivity index (χ0) is 10.7. The molecule has 0 aliphatic heterocycles. The van der Waals surface area contributed by atoms with Gasteiger partial charge in [0.1, 0.15) is 5.75 Å². The summed E-state index contributed by atoms with van der Waals surface area (Å²) in [6.07, 6.45) is 0. The van der Waals surface area contributed by atoms with Crippen molar-refractivity contribution in [3.05, 3.63) is 22.2 Å². The summed E-state index contributed by atoms with van der Waals surface area (Å²) in [4.78, 5) is 11.3. The van der Waals surface area contributed by atoms with Gasteiger partial charge in [-0.3, -0.25) is 4.79 Å². The van der Waals surface area contributed by atoms with Gasteiger partial charge in [0.15, 0.2) is 5.78 Å². The standard InChI is InChI=1S/C10H12BrNO2/c1-3-14-8-5-4-7(11)9(6(2)13)10(8)12/h4-5H,3,12H2,1-2H3. The summed E-state index contributed by atoms with van der Waals surface area (Å²) in [7, 11) is 0. The van der Waals surface area contributed by atoms with Gasteiger partial charge in [0.25, 0.3) is 0 Å². The number of nitrogen functional groups attached to an aromatic ring is 1. The molecule has 1 aromatic rings. The van der Waals surface area contributed by atoms with Gasteiger partial charge in [0, 0.05) is 4.47 Å².